The van der Waals surface area contributed by atoms with Crippen molar-refractivity contribution >= 4 is 34.8 Å². The summed E-state index contributed by atoms with van der Waals surface area (Å²) in [6.45, 7) is 6.61. The Morgan fingerprint density at radius 1 is 0.880 bits per heavy atom. The normalized spacial score (nSPS) is 10.8. The third-order valence-electron chi connectivity index (χ3n) is 3.49. The average Bonchev–Trinajstić information content (AvgIpc) is 2.58. The summed E-state index contributed by atoms with van der Waals surface area (Å²) in [6, 6.07) is 9.25. The number of halogens is 3. The van der Waals surface area contributed by atoms with Crippen molar-refractivity contribution in [1.29, 1.82) is 0 Å². The minimum Gasteiger partial charge on any atom is -0.490 e. The molecule has 6 heteroatoms. The van der Waals surface area contributed by atoms with Gasteiger partial charge in [-0.05, 0) is 55.3 Å². The maximum atomic E-state index is 6.43. The molecule has 2 aromatic rings. The highest BCUT2D eigenvalue weighted by molar-refractivity contribution is 6.42. The van der Waals surface area contributed by atoms with E-state index < -0.39 is 0 Å². The molecule has 0 unspecified atom stereocenters. The highest BCUT2D eigenvalue weighted by atomic mass is 35.5. The summed E-state index contributed by atoms with van der Waals surface area (Å²) in [4.78, 5) is 0. The summed E-state index contributed by atoms with van der Waals surface area (Å²) in [7, 11) is 0. The van der Waals surface area contributed by atoms with Crippen molar-refractivity contribution < 1.29 is 9.47 Å². The number of hydrogen-bond donors (Lipinski definition) is 1. The molecule has 0 aliphatic rings. The summed E-state index contributed by atoms with van der Waals surface area (Å²) in [6.07, 6.45) is 1.08. The number of rotatable bonds is 9. The Morgan fingerprint density at radius 2 is 1.64 bits per heavy atom. The van der Waals surface area contributed by atoms with Crippen LogP contribution >= 0.6 is 34.8 Å². The lowest BCUT2D eigenvalue weighted by molar-refractivity contribution is 0.269. The highest BCUT2D eigenvalue weighted by Crippen LogP contribution is 2.37. The molecule has 0 bridgehead atoms. The molecule has 0 amide bonds. The van der Waals surface area contributed by atoms with Crippen LogP contribution in [-0.2, 0) is 13.2 Å². The molecule has 0 heterocycles. The second-order valence-corrected chi connectivity index (χ2v) is 6.77. The van der Waals surface area contributed by atoms with E-state index in [1.165, 1.54) is 0 Å². The number of ether oxygens (including phenoxy) is 2. The van der Waals surface area contributed by atoms with Crippen LogP contribution in [0, 0.1) is 0 Å². The van der Waals surface area contributed by atoms with Gasteiger partial charge in [-0.25, -0.2) is 0 Å². The molecule has 2 aromatic carbocycles. The molecule has 0 fully saturated rings. The van der Waals surface area contributed by atoms with Crippen molar-refractivity contribution in [1.82, 2.24) is 5.32 Å². The molecule has 0 aliphatic carbocycles. The van der Waals surface area contributed by atoms with Gasteiger partial charge in [-0.2, -0.15) is 0 Å². The number of benzene rings is 2. The van der Waals surface area contributed by atoms with Gasteiger partial charge in [0.05, 0.1) is 21.7 Å². The molecule has 0 radical (unpaired) electrons. The minimum absolute atomic E-state index is 0.324. The van der Waals surface area contributed by atoms with Gasteiger partial charge in [0, 0.05) is 6.54 Å². The molecule has 0 saturated carbocycles. The highest BCUT2D eigenvalue weighted by Gasteiger charge is 2.13. The lowest BCUT2D eigenvalue weighted by atomic mass is 10.2. The van der Waals surface area contributed by atoms with Crippen LogP contribution in [0.15, 0.2) is 30.3 Å². The van der Waals surface area contributed by atoms with Crippen LogP contribution in [0.2, 0.25) is 15.1 Å². The van der Waals surface area contributed by atoms with E-state index in [0.29, 0.717) is 39.8 Å². The SMILES string of the molecule is CCCNCc1cc(Cl)c(OCc2ccc(Cl)c(Cl)c2)c(OCC)c1. The fourth-order valence-corrected chi connectivity index (χ4v) is 2.93. The van der Waals surface area contributed by atoms with E-state index in [1.54, 1.807) is 12.1 Å². The monoisotopic (exact) mass is 401 g/mol. The van der Waals surface area contributed by atoms with Gasteiger partial charge in [0.2, 0.25) is 0 Å². The van der Waals surface area contributed by atoms with Gasteiger partial charge < -0.3 is 14.8 Å². The lowest BCUT2D eigenvalue weighted by Gasteiger charge is -2.16. The van der Waals surface area contributed by atoms with Gasteiger partial charge in [0.1, 0.15) is 6.61 Å². The molecule has 25 heavy (non-hydrogen) atoms. The van der Waals surface area contributed by atoms with E-state index in [0.717, 1.165) is 30.6 Å². The molecule has 0 aromatic heterocycles. The lowest BCUT2D eigenvalue weighted by Crippen LogP contribution is -2.14. The van der Waals surface area contributed by atoms with E-state index in [2.05, 4.69) is 12.2 Å². The molecule has 2 rings (SSSR count). The van der Waals surface area contributed by atoms with Crippen molar-refractivity contribution in [3.8, 4) is 11.5 Å². The average molecular weight is 403 g/mol. The zero-order valence-corrected chi connectivity index (χ0v) is 16.6. The Balaban J connectivity index is 2.15. The first-order chi connectivity index (χ1) is 12.0. The van der Waals surface area contributed by atoms with E-state index >= 15 is 0 Å². The molecule has 0 atom stereocenters. The van der Waals surface area contributed by atoms with Gasteiger partial charge in [0.15, 0.2) is 11.5 Å². The zero-order chi connectivity index (χ0) is 18.2. The van der Waals surface area contributed by atoms with Crippen LogP contribution in [0.5, 0.6) is 11.5 Å². The minimum atomic E-state index is 0.324. The molecule has 0 aliphatic heterocycles. The molecule has 3 nitrogen and oxygen atoms in total. The van der Waals surface area contributed by atoms with Crippen LogP contribution in [0.25, 0.3) is 0 Å². The van der Waals surface area contributed by atoms with Crippen molar-refractivity contribution in [2.75, 3.05) is 13.2 Å². The van der Waals surface area contributed by atoms with E-state index in [1.807, 2.05) is 25.1 Å². The quantitative estimate of drug-likeness (QED) is 0.512. The maximum Gasteiger partial charge on any atom is 0.180 e. The summed E-state index contributed by atoms with van der Waals surface area (Å²) < 4.78 is 11.6. The topological polar surface area (TPSA) is 30.5 Å². The fourth-order valence-electron chi connectivity index (χ4n) is 2.32. The number of hydrogen-bond acceptors (Lipinski definition) is 3. The Hall–Kier alpha value is -1.13. The van der Waals surface area contributed by atoms with Gasteiger partial charge in [-0.1, -0.05) is 47.8 Å². The summed E-state index contributed by atoms with van der Waals surface area (Å²) in [5.41, 5.74) is 1.96. The van der Waals surface area contributed by atoms with E-state index in [4.69, 9.17) is 44.3 Å². The Labute approximate surface area is 164 Å². The van der Waals surface area contributed by atoms with E-state index in [-0.39, 0.29) is 0 Å². The first kappa shape index (κ1) is 20.2. The van der Waals surface area contributed by atoms with Crippen molar-refractivity contribution in [3.05, 3.63) is 56.5 Å². The van der Waals surface area contributed by atoms with Crippen molar-refractivity contribution in [2.24, 2.45) is 0 Å². The van der Waals surface area contributed by atoms with E-state index in [9.17, 15) is 0 Å². The zero-order valence-electron chi connectivity index (χ0n) is 14.4. The maximum absolute atomic E-state index is 6.43. The molecular formula is C19H22Cl3NO2. The summed E-state index contributed by atoms with van der Waals surface area (Å²) >= 11 is 18.4. The third-order valence-corrected chi connectivity index (χ3v) is 4.51. The van der Waals surface area contributed by atoms with Gasteiger partial charge in [-0.15, -0.1) is 0 Å². The molecule has 0 saturated heterocycles. The molecule has 1 N–H and O–H groups in total. The van der Waals surface area contributed by atoms with Crippen LogP contribution in [0.1, 0.15) is 31.4 Å². The first-order valence-electron chi connectivity index (χ1n) is 8.27. The van der Waals surface area contributed by atoms with Gasteiger partial charge >= 0.3 is 0 Å². The second kappa shape index (κ2) is 10.1. The predicted molar refractivity (Wildman–Crippen MR) is 105 cm³/mol. The van der Waals surface area contributed by atoms with Crippen LogP contribution < -0.4 is 14.8 Å². The predicted octanol–water partition coefficient (Wildman–Crippen LogP) is 6.12. The summed E-state index contributed by atoms with van der Waals surface area (Å²) in [5.74, 6) is 1.18. The second-order valence-electron chi connectivity index (χ2n) is 5.55. The fraction of sp³-hybridized carbons (Fsp3) is 0.368. The van der Waals surface area contributed by atoms with Crippen LogP contribution in [0.4, 0.5) is 0 Å². The smallest absolute Gasteiger partial charge is 0.180 e. The molecular weight excluding hydrogens is 381 g/mol. The van der Waals surface area contributed by atoms with Crippen molar-refractivity contribution in [3.63, 3.8) is 0 Å². The standard InChI is InChI=1S/C19H22Cl3NO2/c1-3-7-23-11-14-9-17(22)19(18(10-14)24-4-2)25-12-13-5-6-15(20)16(21)8-13/h5-6,8-10,23H,3-4,7,11-12H2,1-2H3. The molecule has 136 valence electrons. The largest absolute Gasteiger partial charge is 0.490 e. The third kappa shape index (κ3) is 5.96. The first-order valence-corrected chi connectivity index (χ1v) is 9.41. The van der Waals surface area contributed by atoms with Crippen LogP contribution in [0.3, 0.4) is 0 Å². The van der Waals surface area contributed by atoms with Crippen LogP contribution in [-0.4, -0.2) is 13.2 Å². The summed E-state index contributed by atoms with van der Waals surface area (Å²) in [5, 5.41) is 4.89. The Kier molecular flexibility index (Phi) is 8.17. The number of nitrogens with one attached hydrogen (secondary N) is 1. The van der Waals surface area contributed by atoms with Gasteiger partial charge in [-0.3, -0.25) is 0 Å². The Bertz CT molecular complexity index is 707. The van der Waals surface area contributed by atoms with Crippen molar-refractivity contribution in [2.45, 2.75) is 33.4 Å². The van der Waals surface area contributed by atoms with Gasteiger partial charge in [0.25, 0.3) is 0 Å². The molecule has 0 spiro atoms. The Morgan fingerprint density at radius 3 is 2.32 bits per heavy atom.